The third kappa shape index (κ3) is 5.54. The molecule has 0 aliphatic rings. The van der Waals surface area contributed by atoms with Gasteiger partial charge in [0.05, 0.1) is 44.9 Å². The Morgan fingerprint density at radius 2 is 1.55 bits per heavy atom. The van der Waals surface area contributed by atoms with Gasteiger partial charge >= 0.3 is 0 Å². The SMILES string of the molecule is COc1cc(C(=O)NC(C)c2nc3ccccc3n2CCOc2ccccc2C(C)C)cc(OC)c1OC. The van der Waals surface area contributed by atoms with Crippen LogP contribution < -0.4 is 24.3 Å². The number of benzene rings is 3. The molecule has 4 aromatic rings. The van der Waals surface area contributed by atoms with E-state index in [9.17, 15) is 4.79 Å². The molecule has 1 atom stereocenters. The maximum absolute atomic E-state index is 13.3. The lowest BCUT2D eigenvalue weighted by Crippen LogP contribution is -2.29. The second-order valence-electron chi connectivity index (χ2n) is 9.26. The first-order valence-corrected chi connectivity index (χ1v) is 12.7. The fourth-order valence-corrected chi connectivity index (χ4v) is 4.55. The minimum Gasteiger partial charge on any atom is -0.493 e. The lowest BCUT2D eigenvalue weighted by atomic mass is 10.0. The highest BCUT2D eigenvalue weighted by molar-refractivity contribution is 5.96. The van der Waals surface area contributed by atoms with E-state index in [1.165, 1.54) is 26.9 Å². The molecule has 0 fully saturated rings. The molecule has 38 heavy (non-hydrogen) atoms. The molecule has 0 bridgehead atoms. The van der Waals surface area contributed by atoms with Crippen LogP contribution in [-0.2, 0) is 6.54 Å². The molecule has 8 nitrogen and oxygen atoms in total. The van der Waals surface area contributed by atoms with Gasteiger partial charge in [0.2, 0.25) is 5.75 Å². The molecule has 1 aromatic heterocycles. The standard InChI is InChI=1S/C30H35N3O5/c1-19(2)22-11-7-10-14-25(22)38-16-15-33-24-13-9-8-12-23(24)32-29(33)20(3)31-30(34)21-17-26(35-4)28(37-6)27(18-21)36-5/h7-14,17-20H,15-16H2,1-6H3,(H,31,34). The summed E-state index contributed by atoms with van der Waals surface area (Å²) in [7, 11) is 4.56. The monoisotopic (exact) mass is 517 g/mol. The van der Waals surface area contributed by atoms with E-state index in [1.807, 2.05) is 49.4 Å². The van der Waals surface area contributed by atoms with Gasteiger partial charge in [-0.3, -0.25) is 4.79 Å². The molecule has 0 aliphatic carbocycles. The van der Waals surface area contributed by atoms with Crippen molar-refractivity contribution in [3.05, 3.63) is 77.6 Å². The van der Waals surface area contributed by atoms with Crippen LogP contribution >= 0.6 is 0 Å². The quantitative estimate of drug-likeness (QED) is 0.273. The first kappa shape index (κ1) is 26.9. The van der Waals surface area contributed by atoms with E-state index in [1.54, 1.807) is 12.1 Å². The molecule has 1 heterocycles. The largest absolute Gasteiger partial charge is 0.493 e. The van der Waals surface area contributed by atoms with Crippen molar-refractivity contribution in [2.45, 2.75) is 39.3 Å². The van der Waals surface area contributed by atoms with Crippen molar-refractivity contribution in [1.29, 1.82) is 0 Å². The van der Waals surface area contributed by atoms with Crippen LogP contribution in [-0.4, -0.2) is 43.4 Å². The number of aromatic nitrogens is 2. The number of carbonyl (C=O) groups excluding carboxylic acids is 1. The Morgan fingerprint density at radius 3 is 2.21 bits per heavy atom. The highest BCUT2D eigenvalue weighted by Gasteiger charge is 2.22. The Bertz CT molecular complexity index is 1390. The molecule has 4 rings (SSSR count). The van der Waals surface area contributed by atoms with Crippen LogP contribution in [0.25, 0.3) is 11.0 Å². The second-order valence-corrected chi connectivity index (χ2v) is 9.26. The van der Waals surface area contributed by atoms with E-state index < -0.39 is 0 Å². The Hall–Kier alpha value is -4.20. The van der Waals surface area contributed by atoms with Crippen LogP contribution in [0.5, 0.6) is 23.0 Å². The van der Waals surface area contributed by atoms with Crippen LogP contribution in [0.2, 0.25) is 0 Å². The maximum Gasteiger partial charge on any atom is 0.252 e. The average Bonchev–Trinajstić information content (AvgIpc) is 3.31. The summed E-state index contributed by atoms with van der Waals surface area (Å²) in [5.41, 5.74) is 3.41. The molecule has 200 valence electrons. The summed E-state index contributed by atoms with van der Waals surface area (Å²) in [5, 5.41) is 3.07. The zero-order chi connectivity index (χ0) is 27.2. The minimum absolute atomic E-state index is 0.280. The lowest BCUT2D eigenvalue weighted by molar-refractivity contribution is 0.0936. The molecule has 1 unspecified atom stereocenters. The van der Waals surface area contributed by atoms with Crippen molar-refractivity contribution >= 4 is 16.9 Å². The van der Waals surface area contributed by atoms with E-state index >= 15 is 0 Å². The fraction of sp³-hybridized carbons (Fsp3) is 0.333. The van der Waals surface area contributed by atoms with Gasteiger partial charge in [0.1, 0.15) is 18.2 Å². The van der Waals surface area contributed by atoms with Crippen LogP contribution in [0, 0.1) is 0 Å². The molecule has 8 heteroatoms. The molecule has 0 radical (unpaired) electrons. The average molecular weight is 518 g/mol. The third-order valence-electron chi connectivity index (χ3n) is 6.46. The van der Waals surface area contributed by atoms with Gasteiger partial charge in [-0.15, -0.1) is 0 Å². The summed E-state index contributed by atoms with van der Waals surface area (Å²) in [6.45, 7) is 7.27. The predicted octanol–water partition coefficient (Wildman–Crippen LogP) is 5.76. The summed E-state index contributed by atoms with van der Waals surface area (Å²) in [5.74, 6) is 2.97. The molecular weight excluding hydrogens is 482 g/mol. The zero-order valence-corrected chi connectivity index (χ0v) is 22.8. The summed E-state index contributed by atoms with van der Waals surface area (Å²) in [4.78, 5) is 18.1. The van der Waals surface area contributed by atoms with Crippen LogP contribution in [0.3, 0.4) is 0 Å². The van der Waals surface area contributed by atoms with E-state index in [0.717, 1.165) is 22.6 Å². The summed E-state index contributed by atoms with van der Waals surface area (Å²) >= 11 is 0. The van der Waals surface area contributed by atoms with Crippen molar-refractivity contribution in [3.8, 4) is 23.0 Å². The van der Waals surface area contributed by atoms with Crippen LogP contribution in [0.15, 0.2) is 60.7 Å². The van der Waals surface area contributed by atoms with Gasteiger partial charge in [0.15, 0.2) is 11.5 Å². The molecule has 3 aromatic carbocycles. The van der Waals surface area contributed by atoms with Gasteiger partial charge in [-0.2, -0.15) is 0 Å². The number of amides is 1. The number of fused-ring (bicyclic) bond motifs is 1. The van der Waals surface area contributed by atoms with Crippen LogP contribution in [0.4, 0.5) is 0 Å². The molecule has 1 amide bonds. The van der Waals surface area contributed by atoms with E-state index in [2.05, 4.69) is 29.8 Å². The van der Waals surface area contributed by atoms with Gasteiger partial charge in [0, 0.05) is 5.56 Å². The number of hydrogen-bond donors (Lipinski definition) is 1. The summed E-state index contributed by atoms with van der Waals surface area (Å²) in [6.07, 6.45) is 0. The number of nitrogens with one attached hydrogen (secondary N) is 1. The molecule has 0 saturated carbocycles. The lowest BCUT2D eigenvalue weighted by Gasteiger charge is -2.19. The van der Waals surface area contributed by atoms with Crippen molar-refractivity contribution in [2.24, 2.45) is 0 Å². The molecule has 0 saturated heterocycles. The van der Waals surface area contributed by atoms with Gasteiger partial charge < -0.3 is 28.8 Å². The van der Waals surface area contributed by atoms with Gasteiger partial charge in [0.25, 0.3) is 5.91 Å². The molecular formula is C30H35N3O5. The number of hydrogen-bond acceptors (Lipinski definition) is 6. The van der Waals surface area contributed by atoms with E-state index in [-0.39, 0.29) is 11.9 Å². The third-order valence-corrected chi connectivity index (χ3v) is 6.46. The Kier molecular flexibility index (Phi) is 8.41. The summed E-state index contributed by atoms with van der Waals surface area (Å²) < 4.78 is 24.5. The van der Waals surface area contributed by atoms with Gasteiger partial charge in [-0.05, 0) is 48.7 Å². The summed E-state index contributed by atoms with van der Waals surface area (Å²) in [6, 6.07) is 18.9. The first-order valence-electron chi connectivity index (χ1n) is 12.7. The first-order chi connectivity index (χ1) is 18.4. The second kappa shape index (κ2) is 11.9. The van der Waals surface area contributed by atoms with E-state index in [0.29, 0.717) is 41.9 Å². The zero-order valence-electron chi connectivity index (χ0n) is 22.8. The Labute approximate surface area is 223 Å². The van der Waals surface area contributed by atoms with Crippen molar-refractivity contribution in [2.75, 3.05) is 27.9 Å². The number of ether oxygens (including phenoxy) is 4. The van der Waals surface area contributed by atoms with Crippen molar-refractivity contribution in [1.82, 2.24) is 14.9 Å². The number of rotatable bonds is 11. The smallest absolute Gasteiger partial charge is 0.252 e. The van der Waals surface area contributed by atoms with Gasteiger partial charge in [-0.25, -0.2) is 4.98 Å². The maximum atomic E-state index is 13.3. The molecule has 1 N–H and O–H groups in total. The molecule has 0 aliphatic heterocycles. The number of carbonyl (C=O) groups is 1. The number of imidazole rings is 1. The van der Waals surface area contributed by atoms with Crippen LogP contribution in [0.1, 0.15) is 54.5 Å². The number of nitrogens with zero attached hydrogens (tertiary/aromatic N) is 2. The minimum atomic E-state index is -0.378. The van der Waals surface area contributed by atoms with Gasteiger partial charge in [-0.1, -0.05) is 44.2 Å². The number of para-hydroxylation sites is 3. The highest BCUT2D eigenvalue weighted by atomic mass is 16.5. The molecule has 0 spiro atoms. The topological polar surface area (TPSA) is 83.8 Å². The number of methoxy groups -OCH3 is 3. The predicted molar refractivity (Wildman–Crippen MR) is 148 cm³/mol. The normalized spacial score (nSPS) is 11.9. The fourth-order valence-electron chi connectivity index (χ4n) is 4.55. The highest BCUT2D eigenvalue weighted by Crippen LogP contribution is 2.38. The van der Waals surface area contributed by atoms with E-state index in [4.69, 9.17) is 23.9 Å². The van der Waals surface area contributed by atoms with Crippen molar-refractivity contribution in [3.63, 3.8) is 0 Å². The Balaban J connectivity index is 1.57. The van der Waals surface area contributed by atoms with Crippen molar-refractivity contribution < 1.29 is 23.7 Å². The Morgan fingerprint density at radius 1 is 0.895 bits per heavy atom.